The third-order valence-electron chi connectivity index (χ3n) is 19.8. The Bertz CT molecular complexity index is 4560. The molecule has 0 saturated carbocycles. The molecule has 8 amide bonds. The molecule has 0 spiro atoms. The molecule has 10 rings (SSSR count). The fraction of sp³-hybridized carbons (Fsp3) is 0.443. The minimum absolute atomic E-state index is 0.0122. The van der Waals surface area contributed by atoms with E-state index in [9.17, 15) is 43.2 Å². The number of ether oxygens (including phenoxy) is 13. The van der Waals surface area contributed by atoms with Crippen LogP contribution >= 0.6 is 0 Å². The number of rotatable bonds is 50. The van der Waals surface area contributed by atoms with Crippen molar-refractivity contribution in [1.29, 1.82) is 0 Å². The van der Waals surface area contributed by atoms with E-state index >= 15 is 0 Å². The molecule has 4 atom stereocenters. The first-order valence-electron chi connectivity index (χ1n) is 40.1. The number of fused-ring (bicyclic) bond motifs is 4. The molecule has 4 heterocycles. The number of imide groups is 1. The largest absolute Gasteiger partial charge is 0.493 e. The number of methoxy groups -OCH3 is 2. The normalized spacial score (nSPS) is 15.1. The van der Waals surface area contributed by atoms with Crippen LogP contribution in [0, 0.1) is 5.92 Å². The summed E-state index contributed by atoms with van der Waals surface area (Å²) in [6.07, 6.45) is 6.64. The Labute approximate surface area is 698 Å². The molecule has 0 bridgehead atoms. The Kier molecular flexibility index (Phi) is 36.0. The summed E-state index contributed by atoms with van der Waals surface area (Å²) >= 11 is 0. The Hall–Kier alpha value is -11.3. The number of nitrogens with one attached hydrogen (secondary N) is 5. The van der Waals surface area contributed by atoms with Crippen LogP contribution in [0.15, 0.2) is 137 Å². The van der Waals surface area contributed by atoms with E-state index in [1.165, 1.54) is 61.8 Å². The number of benzene rings is 6. The summed E-state index contributed by atoms with van der Waals surface area (Å²) in [6, 6.07) is 32.8. The molecule has 32 nitrogen and oxygen atoms in total. The summed E-state index contributed by atoms with van der Waals surface area (Å²) in [5, 5.41) is 14.5. The first kappa shape index (κ1) is 91.0. The van der Waals surface area contributed by atoms with E-state index in [2.05, 4.69) is 44.8 Å². The van der Waals surface area contributed by atoms with E-state index in [0.717, 1.165) is 16.9 Å². The molecule has 5 N–H and O–H groups in total. The third-order valence-corrected chi connectivity index (χ3v) is 19.8. The van der Waals surface area contributed by atoms with Gasteiger partial charge in [0.25, 0.3) is 17.7 Å². The van der Waals surface area contributed by atoms with Crippen LogP contribution in [0.25, 0.3) is 0 Å². The van der Waals surface area contributed by atoms with Crippen molar-refractivity contribution >= 4 is 88.4 Å². The number of carbonyl (C=O) groups excluding carboxylic acids is 9. The van der Waals surface area contributed by atoms with Gasteiger partial charge in [0.15, 0.2) is 28.8 Å². The van der Waals surface area contributed by atoms with Crippen molar-refractivity contribution in [1.82, 2.24) is 31.1 Å². The monoisotopic (exact) mass is 1660 g/mol. The molecule has 4 aliphatic rings. The molecule has 0 saturated heterocycles. The molecule has 6 aromatic rings. The maximum Gasteiger partial charge on any atom is 0.414 e. The van der Waals surface area contributed by atoms with E-state index < -0.39 is 47.7 Å². The average molecular weight is 1660 g/mol. The van der Waals surface area contributed by atoms with Gasteiger partial charge in [-0.2, -0.15) is 0 Å². The van der Waals surface area contributed by atoms with Crippen molar-refractivity contribution in [2.45, 2.75) is 110 Å². The van der Waals surface area contributed by atoms with Crippen molar-refractivity contribution < 1.29 is 105 Å². The molecule has 0 radical (unpaired) electrons. The predicted octanol–water partition coefficient (Wildman–Crippen LogP) is 8.08. The molecule has 642 valence electrons. The van der Waals surface area contributed by atoms with Crippen LogP contribution in [0.5, 0.6) is 23.0 Å². The lowest BCUT2D eigenvalue weighted by Gasteiger charge is -2.34. The zero-order chi connectivity index (χ0) is 85.1. The number of anilines is 2. The molecule has 0 aliphatic carbocycles. The molecular weight excluding hydrogens is 1550 g/mol. The Morgan fingerprint density at radius 2 is 1.13 bits per heavy atom. The van der Waals surface area contributed by atoms with Gasteiger partial charge >= 0.3 is 6.09 Å². The van der Waals surface area contributed by atoms with Crippen LogP contribution in [-0.4, -0.2) is 240 Å². The van der Waals surface area contributed by atoms with Crippen LogP contribution < -0.4 is 50.4 Å². The second-order valence-corrected chi connectivity index (χ2v) is 28.9. The van der Waals surface area contributed by atoms with E-state index in [1.54, 1.807) is 81.6 Å². The second-order valence-electron chi connectivity index (χ2n) is 28.9. The molecule has 6 aromatic carbocycles. The van der Waals surface area contributed by atoms with E-state index in [0.29, 0.717) is 186 Å². The highest BCUT2D eigenvalue weighted by atomic mass is 16.6. The number of amides is 8. The smallest absolute Gasteiger partial charge is 0.414 e. The van der Waals surface area contributed by atoms with Crippen molar-refractivity contribution in [2.24, 2.45) is 15.9 Å². The van der Waals surface area contributed by atoms with Gasteiger partial charge in [-0.25, -0.2) is 4.79 Å². The zero-order valence-corrected chi connectivity index (χ0v) is 69.0. The topological polar surface area (TPSA) is 368 Å². The summed E-state index contributed by atoms with van der Waals surface area (Å²) < 4.78 is 74.7. The van der Waals surface area contributed by atoms with E-state index in [1.807, 2.05) is 53.7 Å². The van der Waals surface area contributed by atoms with Crippen LogP contribution in [0.1, 0.15) is 100 Å². The number of aliphatic imine (C=N–C) groups is 2. The Morgan fingerprint density at radius 1 is 0.583 bits per heavy atom. The highest BCUT2D eigenvalue weighted by Gasteiger charge is 2.34. The number of nitrogens with zero attached hydrogens (tertiary/aromatic N) is 5. The van der Waals surface area contributed by atoms with Gasteiger partial charge < -0.3 is 93.1 Å². The van der Waals surface area contributed by atoms with Crippen molar-refractivity contribution in [3.05, 3.63) is 177 Å². The SMILES string of the molecule is COc1cc2c(cc1OCc1cc(COc3cc(/N=C\C4Cc5ccccc5CN4)c(C(C)=O)cc3OC)cc(N(C)C(=O)OCc3ccc(NC(=O)[C@H](C)NC(=O)[C@@H](NC(=O)CCOCCOCCOCCOCCOCCOCCOCCOCCNC(=O)CCN4C(=O)C=CC4=O)C(C)C)cc3)c1)N=CC1Cc3ccccc3CN1C2=O. The summed E-state index contributed by atoms with van der Waals surface area (Å²) in [6.45, 7) is 13.2. The van der Waals surface area contributed by atoms with E-state index in [-0.39, 0.29) is 94.6 Å². The third kappa shape index (κ3) is 27.9. The van der Waals surface area contributed by atoms with Gasteiger partial charge in [-0.1, -0.05) is 74.5 Å². The second kappa shape index (κ2) is 47.5. The molecular formula is C88H108N10O22. The highest BCUT2D eigenvalue weighted by Crippen LogP contribution is 2.40. The van der Waals surface area contributed by atoms with Crippen LogP contribution in [-0.2, 0) is 117 Å². The Balaban J connectivity index is 0.615. The minimum Gasteiger partial charge on any atom is -0.493 e. The Morgan fingerprint density at radius 3 is 1.72 bits per heavy atom. The maximum atomic E-state index is 14.2. The molecule has 32 heteroatoms. The maximum absolute atomic E-state index is 14.2. The van der Waals surface area contributed by atoms with Gasteiger partial charge in [0.1, 0.15) is 31.9 Å². The predicted molar refractivity (Wildman–Crippen MR) is 445 cm³/mol. The van der Waals surface area contributed by atoms with Gasteiger partial charge in [-0.3, -0.25) is 58.1 Å². The van der Waals surface area contributed by atoms with Crippen LogP contribution in [0.2, 0.25) is 0 Å². The summed E-state index contributed by atoms with van der Waals surface area (Å²) in [7, 11) is 4.56. The first-order valence-corrected chi connectivity index (χ1v) is 40.1. The van der Waals surface area contributed by atoms with Gasteiger partial charge in [-0.15, -0.1) is 0 Å². The number of carbonyl (C=O) groups is 9. The fourth-order valence-electron chi connectivity index (χ4n) is 13.2. The zero-order valence-electron chi connectivity index (χ0n) is 69.0. The van der Waals surface area contributed by atoms with Gasteiger partial charge in [0, 0.05) is 106 Å². The molecule has 120 heavy (non-hydrogen) atoms. The minimum atomic E-state index is -0.996. The summed E-state index contributed by atoms with van der Waals surface area (Å²) in [5.41, 5.74) is 8.92. The molecule has 2 unspecified atom stereocenters. The summed E-state index contributed by atoms with van der Waals surface area (Å²) in [4.78, 5) is 130. The molecule has 0 aromatic heterocycles. The number of Topliss-reactive ketones (excluding diaryl/α,β-unsaturated/α-hetero) is 1. The number of hydrogen-bond donors (Lipinski definition) is 5. The lowest BCUT2D eigenvalue weighted by Crippen LogP contribution is -2.53. The van der Waals surface area contributed by atoms with Crippen molar-refractivity contribution in [2.75, 3.05) is 150 Å². The molecule has 4 aliphatic heterocycles. The fourth-order valence-corrected chi connectivity index (χ4v) is 13.2. The van der Waals surface area contributed by atoms with Crippen LogP contribution in [0.4, 0.5) is 27.5 Å². The number of hydrogen-bond acceptors (Lipinski definition) is 25. The lowest BCUT2D eigenvalue weighted by atomic mass is 9.94. The lowest BCUT2D eigenvalue weighted by molar-refractivity contribution is -0.137. The summed E-state index contributed by atoms with van der Waals surface area (Å²) in [5.74, 6) is -2.00. The quantitative estimate of drug-likeness (QED) is 0.0104. The van der Waals surface area contributed by atoms with Gasteiger partial charge in [0.2, 0.25) is 23.6 Å². The van der Waals surface area contributed by atoms with Gasteiger partial charge in [-0.05, 0) is 114 Å². The standard InChI is InChI=1S/C88H108N10O22/c1-58(2)84(95-81(101)23-26-110-28-30-112-32-34-114-36-38-116-40-41-117-39-37-115-35-33-113-31-29-111-27-24-89-80(100)22-25-97-82(102)20-21-83(97)103)86(105)93-59(3)85(104)94-68-18-16-61(17-19-68)55-120-88(107)96(5)70-43-62(56-118-78-49-74(72(60(4)99)47-76(78)108-6)91-52-69-45-64-12-8-10-14-66(64)51-90-69)42-63(44-70)57-119-79-50-75-73(48-77(79)109-7)87(106)98-54-67-15-11-9-13-65(67)46-71(98)53-92-75/h8-21,42-44,47-50,52-53,58-59,69,71,84,90H,22-41,45-46,51,54-57H2,1-7H3,(H,89,100)(H,93,105)(H,94,104)(H,95,101)/b91-52-/t59-,69?,71?,84-/m0/s1. The van der Waals surface area contributed by atoms with Crippen molar-refractivity contribution in [3.8, 4) is 23.0 Å². The number of ketones is 1. The van der Waals surface area contributed by atoms with Gasteiger partial charge in [0.05, 0.1) is 143 Å². The van der Waals surface area contributed by atoms with E-state index in [4.69, 9.17) is 71.6 Å². The molecule has 0 fully saturated rings. The van der Waals surface area contributed by atoms with Crippen molar-refractivity contribution in [3.63, 3.8) is 0 Å². The average Bonchev–Trinajstić information content (AvgIpc) is 1.57. The highest BCUT2D eigenvalue weighted by molar-refractivity contribution is 6.13. The van der Waals surface area contributed by atoms with Crippen LogP contribution in [0.3, 0.4) is 0 Å². The first-order chi connectivity index (χ1) is 58.2.